The van der Waals surface area contributed by atoms with Gasteiger partial charge in [-0.15, -0.1) is 0 Å². The van der Waals surface area contributed by atoms with E-state index >= 15 is 0 Å². The highest BCUT2D eigenvalue weighted by molar-refractivity contribution is 6.30. The molecule has 126 valence electrons. The van der Waals surface area contributed by atoms with Gasteiger partial charge >= 0.3 is 0 Å². The Kier molecular flexibility index (Phi) is 4.55. The summed E-state index contributed by atoms with van der Waals surface area (Å²) in [6.07, 6.45) is 0. The maximum absolute atomic E-state index is 6.06. The van der Waals surface area contributed by atoms with Crippen molar-refractivity contribution in [2.24, 2.45) is 0 Å². The lowest BCUT2D eigenvalue weighted by Gasteiger charge is -2.14. The largest absolute Gasteiger partial charge is 0.247 e. The van der Waals surface area contributed by atoms with E-state index in [1.54, 1.807) is 0 Å². The number of halogens is 1. The van der Waals surface area contributed by atoms with Gasteiger partial charge in [0, 0.05) is 16.1 Å². The minimum absolute atomic E-state index is 0.729. The molecule has 4 aromatic rings. The van der Waals surface area contributed by atoms with Gasteiger partial charge in [-0.05, 0) is 41.8 Å². The van der Waals surface area contributed by atoms with Crippen LogP contribution in [0.3, 0.4) is 0 Å². The van der Waals surface area contributed by atoms with Crippen LogP contribution in [0, 0.1) is 6.92 Å². The summed E-state index contributed by atoms with van der Waals surface area (Å²) in [7, 11) is 0. The molecule has 4 rings (SSSR count). The Morgan fingerprint density at radius 1 is 0.654 bits per heavy atom. The van der Waals surface area contributed by atoms with Gasteiger partial charge in [0.15, 0.2) is 0 Å². The molecule has 1 nitrogen and oxygen atoms in total. The van der Waals surface area contributed by atoms with Crippen LogP contribution < -0.4 is 0 Å². The summed E-state index contributed by atoms with van der Waals surface area (Å²) in [4.78, 5) is 4.99. The summed E-state index contributed by atoms with van der Waals surface area (Å²) < 4.78 is 0. The third-order valence-electron chi connectivity index (χ3n) is 4.54. The van der Waals surface area contributed by atoms with E-state index < -0.39 is 0 Å². The molecule has 2 heteroatoms. The highest BCUT2D eigenvalue weighted by Crippen LogP contribution is 2.34. The third kappa shape index (κ3) is 3.26. The zero-order valence-electron chi connectivity index (χ0n) is 14.5. The van der Waals surface area contributed by atoms with Crippen molar-refractivity contribution in [2.75, 3.05) is 0 Å². The first kappa shape index (κ1) is 16.6. The number of nitrogens with zero attached hydrogens (tertiary/aromatic N) is 1. The lowest BCUT2D eigenvalue weighted by Crippen LogP contribution is -1.96. The molecule has 0 saturated carbocycles. The fraction of sp³-hybridized carbons (Fsp3) is 0.0417. The number of pyridine rings is 1. The normalized spacial score (nSPS) is 10.7. The number of hydrogen-bond donors (Lipinski definition) is 0. The van der Waals surface area contributed by atoms with E-state index in [0.29, 0.717) is 0 Å². The van der Waals surface area contributed by atoms with Crippen LogP contribution in [-0.4, -0.2) is 4.98 Å². The molecule has 0 aliphatic heterocycles. The van der Waals surface area contributed by atoms with Gasteiger partial charge in [-0.3, -0.25) is 0 Å². The minimum atomic E-state index is 0.729. The van der Waals surface area contributed by atoms with Crippen molar-refractivity contribution in [3.8, 4) is 33.6 Å². The maximum atomic E-state index is 6.06. The Hall–Kier alpha value is -2.90. The van der Waals surface area contributed by atoms with E-state index in [1.165, 1.54) is 16.7 Å². The van der Waals surface area contributed by atoms with Gasteiger partial charge < -0.3 is 0 Å². The predicted octanol–water partition coefficient (Wildman–Crippen LogP) is 7.04. The third-order valence-corrected chi connectivity index (χ3v) is 4.80. The van der Waals surface area contributed by atoms with Gasteiger partial charge in [-0.2, -0.15) is 0 Å². The monoisotopic (exact) mass is 355 g/mol. The second kappa shape index (κ2) is 7.15. The molecule has 0 bridgehead atoms. The molecule has 3 aromatic carbocycles. The first-order chi connectivity index (χ1) is 12.7. The second-order valence-corrected chi connectivity index (χ2v) is 6.70. The Morgan fingerprint density at radius 2 is 1.23 bits per heavy atom. The fourth-order valence-corrected chi connectivity index (χ4v) is 3.30. The van der Waals surface area contributed by atoms with Crippen molar-refractivity contribution in [1.29, 1.82) is 0 Å². The fourth-order valence-electron chi connectivity index (χ4n) is 3.17. The van der Waals surface area contributed by atoms with E-state index in [0.717, 1.165) is 27.5 Å². The molecule has 0 amide bonds. The average molecular weight is 356 g/mol. The van der Waals surface area contributed by atoms with Crippen molar-refractivity contribution >= 4 is 11.6 Å². The first-order valence-electron chi connectivity index (χ1n) is 8.61. The van der Waals surface area contributed by atoms with Crippen LogP contribution in [-0.2, 0) is 0 Å². The molecule has 0 radical (unpaired) electrons. The molecule has 0 spiro atoms. The molecular formula is C24H18ClN. The minimum Gasteiger partial charge on any atom is -0.247 e. The zero-order chi connectivity index (χ0) is 17.9. The van der Waals surface area contributed by atoms with Crippen LogP contribution in [0.5, 0.6) is 0 Å². The molecule has 1 aromatic heterocycles. The van der Waals surface area contributed by atoms with E-state index in [2.05, 4.69) is 49.4 Å². The summed E-state index contributed by atoms with van der Waals surface area (Å²) >= 11 is 6.06. The average Bonchev–Trinajstić information content (AvgIpc) is 2.70. The van der Waals surface area contributed by atoms with E-state index in [9.17, 15) is 0 Å². The Morgan fingerprint density at radius 3 is 1.85 bits per heavy atom. The summed E-state index contributed by atoms with van der Waals surface area (Å²) in [6, 6.07) is 30.8. The van der Waals surface area contributed by atoms with Gasteiger partial charge in [0.05, 0.1) is 11.4 Å². The molecule has 0 fully saturated rings. The molecule has 0 saturated heterocycles. The van der Waals surface area contributed by atoms with Crippen molar-refractivity contribution in [3.63, 3.8) is 0 Å². The van der Waals surface area contributed by atoms with Gasteiger partial charge in [0.25, 0.3) is 0 Å². The smallest absolute Gasteiger partial charge is 0.0744 e. The summed E-state index contributed by atoms with van der Waals surface area (Å²) in [5, 5.41) is 0.729. The van der Waals surface area contributed by atoms with Crippen molar-refractivity contribution in [1.82, 2.24) is 4.98 Å². The number of hydrogen-bond acceptors (Lipinski definition) is 1. The highest BCUT2D eigenvalue weighted by Gasteiger charge is 2.13. The maximum Gasteiger partial charge on any atom is 0.0744 e. The molecule has 1 heterocycles. The second-order valence-electron chi connectivity index (χ2n) is 6.27. The topological polar surface area (TPSA) is 12.9 Å². The molecule has 0 unspecified atom stereocenters. The summed E-state index contributed by atoms with van der Waals surface area (Å²) in [5.41, 5.74) is 7.72. The molecule has 0 aliphatic rings. The summed E-state index contributed by atoms with van der Waals surface area (Å²) in [5.74, 6) is 0. The quantitative estimate of drug-likeness (QED) is 0.384. The van der Waals surface area contributed by atoms with E-state index in [-0.39, 0.29) is 0 Å². The van der Waals surface area contributed by atoms with Gasteiger partial charge in [-0.25, -0.2) is 4.98 Å². The van der Waals surface area contributed by atoms with Crippen molar-refractivity contribution in [3.05, 3.63) is 102 Å². The van der Waals surface area contributed by atoms with E-state index in [1.807, 2.05) is 48.5 Å². The van der Waals surface area contributed by atoms with E-state index in [4.69, 9.17) is 16.6 Å². The van der Waals surface area contributed by atoms with Crippen molar-refractivity contribution < 1.29 is 0 Å². The lowest BCUT2D eigenvalue weighted by molar-refractivity contribution is 1.27. The number of rotatable bonds is 3. The Balaban J connectivity index is 1.97. The highest BCUT2D eigenvalue weighted by atomic mass is 35.5. The Bertz CT molecular complexity index is 962. The first-order valence-corrected chi connectivity index (χ1v) is 8.98. The van der Waals surface area contributed by atoms with Crippen LogP contribution in [0.15, 0.2) is 91.0 Å². The molecule has 26 heavy (non-hydrogen) atoms. The van der Waals surface area contributed by atoms with Gasteiger partial charge in [-0.1, -0.05) is 84.4 Å². The Labute approximate surface area is 158 Å². The zero-order valence-corrected chi connectivity index (χ0v) is 15.2. The lowest BCUT2D eigenvalue weighted by atomic mass is 9.95. The standard InChI is InChI=1S/C24H18ClN/c1-17-22(18-8-4-2-5-9-18)16-23(19-12-14-21(25)15-13-19)26-24(17)20-10-6-3-7-11-20/h2-16H,1H3. The summed E-state index contributed by atoms with van der Waals surface area (Å²) in [6.45, 7) is 2.14. The molecule has 0 aliphatic carbocycles. The van der Waals surface area contributed by atoms with Crippen LogP contribution in [0.4, 0.5) is 0 Å². The van der Waals surface area contributed by atoms with Crippen molar-refractivity contribution in [2.45, 2.75) is 6.92 Å². The molecule has 0 N–H and O–H groups in total. The van der Waals surface area contributed by atoms with Crippen LogP contribution in [0.2, 0.25) is 5.02 Å². The number of benzene rings is 3. The number of aromatic nitrogens is 1. The predicted molar refractivity (Wildman–Crippen MR) is 110 cm³/mol. The molecule has 0 atom stereocenters. The van der Waals surface area contributed by atoms with Gasteiger partial charge in [0.2, 0.25) is 0 Å². The van der Waals surface area contributed by atoms with Gasteiger partial charge in [0.1, 0.15) is 0 Å². The van der Waals surface area contributed by atoms with Crippen LogP contribution in [0.1, 0.15) is 5.56 Å². The van der Waals surface area contributed by atoms with Crippen LogP contribution >= 0.6 is 11.6 Å². The SMILES string of the molecule is Cc1c(-c2ccccc2)cc(-c2ccc(Cl)cc2)nc1-c1ccccc1. The van der Waals surface area contributed by atoms with Crippen LogP contribution in [0.25, 0.3) is 33.6 Å². The molecular weight excluding hydrogens is 338 g/mol.